The molecule has 13 heteroatoms. The maximum atomic E-state index is 10.0. The predicted octanol–water partition coefficient (Wildman–Crippen LogP) is -1.93. The Labute approximate surface area is 196 Å². The van der Waals surface area contributed by atoms with E-state index in [4.69, 9.17) is 25.1 Å². The standard InChI is InChI=1S/C18H28N4O6S.C2H4O2/c1-9-13(29-8-22(9)6-11-5-20-10(2)21-17(11)19)3-4-27-18-16(26)15(25)14(24)12(7-23)28-18;1-2(3)4/h5,12,14-16,18,23-26H,3-4,6-8H2,1-2H3,(H2,19,20,21);1H3,(H,3,4)/p-1. The van der Waals surface area contributed by atoms with Gasteiger partial charge < -0.3 is 50.4 Å². The summed E-state index contributed by atoms with van der Waals surface area (Å²) >= 11 is 1.69. The van der Waals surface area contributed by atoms with Crippen molar-refractivity contribution in [2.45, 2.75) is 64.4 Å². The Morgan fingerprint density at radius 2 is 2.00 bits per heavy atom. The number of aryl methyl sites for hydroxylation is 1. The molecule has 2 aliphatic rings. The van der Waals surface area contributed by atoms with Crippen molar-refractivity contribution >= 4 is 23.5 Å². The molecule has 0 aromatic carbocycles. The number of hydrogen-bond donors (Lipinski definition) is 5. The highest BCUT2D eigenvalue weighted by Gasteiger charge is 2.44. The molecule has 33 heavy (non-hydrogen) atoms. The van der Waals surface area contributed by atoms with E-state index in [-0.39, 0.29) is 6.61 Å². The van der Waals surface area contributed by atoms with Gasteiger partial charge in [-0.1, -0.05) is 0 Å². The first kappa shape index (κ1) is 27.2. The summed E-state index contributed by atoms with van der Waals surface area (Å²) in [5, 5.41) is 47.8. The Balaban J connectivity index is 0.000000890. The van der Waals surface area contributed by atoms with E-state index in [0.717, 1.165) is 29.0 Å². The summed E-state index contributed by atoms with van der Waals surface area (Å²) in [6, 6.07) is 0. The third-order valence-electron chi connectivity index (χ3n) is 5.11. The van der Waals surface area contributed by atoms with Crippen LogP contribution in [-0.2, 0) is 20.8 Å². The number of carboxylic acids is 1. The number of carbonyl (C=O) groups excluding carboxylic acids is 1. The summed E-state index contributed by atoms with van der Waals surface area (Å²) in [5.41, 5.74) is 7.96. The smallest absolute Gasteiger partial charge is 0.186 e. The van der Waals surface area contributed by atoms with Crippen molar-refractivity contribution in [3.05, 3.63) is 28.2 Å². The van der Waals surface area contributed by atoms with Gasteiger partial charge in [-0.05, 0) is 20.8 Å². The van der Waals surface area contributed by atoms with Crippen LogP contribution in [0.15, 0.2) is 16.8 Å². The lowest BCUT2D eigenvalue weighted by molar-refractivity contribution is -0.302. The highest BCUT2D eigenvalue weighted by Crippen LogP contribution is 2.35. The molecule has 6 N–H and O–H groups in total. The molecule has 1 fully saturated rings. The van der Waals surface area contributed by atoms with Crippen molar-refractivity contribution in [2.24, 2.45) is 0 Å². The fourth-order valence-corrected chi connectivity index (χ4v) is 4.43. The summed E-state index contributed by atoms with van der Waals surface area (Å²) < 4.78 is 10.9. The van der Waals surface area contributed by atoms with Crippen LogP contribution in [0.2, 0.25) is 0 Å². The lowest BCUT2D eigenvalue weighted by Crippen LogP contribution is -2.59. The second-order valence-corrected chi connectivity index (χ2v) is 8.66. The molecule has 12 nitrogen and oxygen atoms in total. The van der Waals surface area contributed by atoms with Gasteiger partial charge in [-0.3, -0.25) is 0 Å². The third kappa shape index (κ3) is 7.50. The zero-order chi connectivity index (χ0) is 24.7. The van der Waals surface area contributed by atoms with Gasteiger partial charge in [-0.2, -0.15) is 0 Å². The van der Waals surface area contributed by atoms with Gasteiger partial charge in [-0.15, -0.1) is 11.8 Å². The molecule has 1 saturated heterocycles. The average Bonchev–Trinajstić information content (AvgIpc) is 3.09. The zero-order valence-corrected chi connectivity index (χ0v) is 19.6. The third-order valence-corrected chi connectivity index (χ3v) is 6.40. The number of carbonyl (C=O) groups is 1. The first-order valence-electron chi connectivity index (χ1n) is 10.3. The molecule has 0 spiro atoms. The van der Waals surface area contributed by atoms with Crippen LogP contribution in [0.3, 0.4) is 0 Å². The van der Waals surface area contributed by atoms with Gasteiger partial charge in [0.2, 0.25) is 0 Å². The normalized spacial score (nSPS) is 27.4. The van der Waals surface area contributed by atoms with Gasteiger partial charge in [-0.25, -0.2) is 9.97 Å². The number of thioether (sulfide) groups is 1. The number of aliphatic hydroxyl groups is 4. The number of hydrogen-bond acceptors (Lipinski definition) is 13. The molecule has 0 amide bonds. The van der Waals surface area contributed by atoms with Crippen molar-refractivity contribution in [3.63, 3.8) is 0 Å². The summed E-state index contributed by atoms with van der Waals surface area (Å²) in [6.45, 7) is 5.18. The van der Waals surface area contributed by atoms with Crippen molar-refractivity contribution in [1.82, 2.24) is 14.9 Å². The molecular weight excluding hydrogens is 456 g/mol. The Bertz CT molecular complexity index is 836. The van der Waals surface area contributed by atoms with E-state index in [1.165, 1.54) is 0 Å². The van der Waals surface area contributed by atoms with Crippen molar-refractivity contribution in [3.8, 4) is 0 Å². The molecular formula is C20H31N4O8S-. The maximum absolute atomic E-state index is 10.0. The summed E-state index contributed by atoms with van der Waals surface area (Å²) in [5.74, 6) is 0.809. The van der Waals surface area contributed by atoms with E-state index >= 15 is 0 Å². The predicted molar refractivity (Wildman–Crippen MR) is 117 cm³/mol. The number of ether oxygens (including phenoxy) is 2. The van der Waals surface area contributed by atoms with E-state index in [2.05, 4.69) is 14.9 Å². The fraction of sp³-hybridized carbons (Fsp3) is 0.650. The molecule has 1 aromatic heterocycles. The SMILES string of the molecule is CC(=O)[O-].CC1=C(CCOC2OC(CO)C(O)C(O)C2O)SCN1Cc1cnc(C)nc1N. The molecule has 5 unspecified atom stereocenters. The Kier molecular flexibility index (Phi) is 10.3. The van der Waals surface area contributed by atoms with Gasteiger partial charge in [0.15, 0.2) is 6.29 Å². The van der Waals surface area contributed by atoms with Gasteiger partial charge in [0, 0.05) is 41.3 Å². The van der Waals surface area contributed by atoms with E-state index in [1.807, 2.05) is 6.92 Å². The largest absolute Gasteiger partial charge is 0.550 e. The molecule has 0 aliphatic carbocycles. The molecule has 3 heterocycles. The average molecular weight is 488 g/mol. The van der Waals surface area contributed by atoms with Crippen LogP contribution in [0.4, 0.5) is 5.82 Å². The first-order valence-corrected chi connectivity index (χ1v) is 11.3. The highest BCUT2D eigenvalue weighted by atomic mass is 32.2. The Hall–Kier alpha value is -2.00. The molecule has 186 valence electrons. The van der Waals surface area contributed by atoms with Crippen LogP contribution >= 0.6 is 11.8 Å². The molecule has 2 aliphatic heterocycles. The monoisotopic (exact) mass is 487 g/mol. The molecule has 0 radical (unpaired) electrons. The first-order chi connectivity index (χ1) is 15.5. The molecule has 3 rings (SSSR count). The number of nitrogens with two attached hydrogens (primary N) is 1. The number of nitrogen functional groups attached to an aromatic ring is 1. The Morgan fingerprint density at radius 1 is 1.33 bits per heavy atom. The van der Waals surface area contributed by atoms with E-state index in [0.29, 0.717) is 24.6 Å². The van der Waals surface area contributed by atoms with Crippen LogP contribution in [0, 0.1) is 6.92 Å². The van der Waals surface area contributed by atoms with E-state index < -0.39 is 43.3 Å². The van der Waals surface area contributed by atoms with Crippen molar-refractivity contribution < 1.29 is 39.8 Å². The van der Waals surface area contributed by atoms with Crippen LogP contribution in [-0.4, -0.2) is 91.1 Å². The van der Waals surface area contributed by atoms with Gasteiger partial charge in [0.25, 0.3) is 0 Å². The van der Waals surface area contributed by atoms with Crippen LogP contribution in [0.1, 0.15) is 31.7 Å². The topological polar surface area (TPSA) is 195 Å². The van der Waals surface area contributed by atoms with Gasteiger partial charge in [0.1, 0.15) is 36.1 Å². The Morgan fingerprint density at radius 3 is 2.61 bits per heavy atom. The number of carboxylic acid groups (broad SMARTS) is 1. The van der Waals surface area contributed by atoms with Gasteiger partial charge in [0.05, 0.1) is 19.1 Å². The lowest BCUT2D eigenvalue weighted by Gasteiger charge is -2.39. The van der Waals surface area contributed by atoms with Crippen LogP contribution in [0.5, 0.6) is 0 Å². The quantitative estimate of drug-likeness (QED) is 0.285. The number of anilines is 1. The number of aromatic nitrogens is 2. The second kappa shape index (κ2) is 12.5. The lowest BCUT2D eigenvalue weighted by atomic mass is 9.99. The second-order valence-electron chi connectivity index (χ2n) is 7.62. The number of allylic oxidation sites excluding steroid dienone is 1. The number of aliphatic hydroxyl groups excluding tert-OH is 4. The van der Waals surface area contributed by atoms with E-state index in [1.54, 1.807) is 24.9 Å². The zero-order valence-electron chi connectivity index (χ0n) is 18.7. The van der Waals surface area contributed by atoms with Crippen LogP contribution in [0.25, 0.3) is 0 Å². The molecule has 5 atom stereocenters. The van der Waals surface area contributed by atoms with Crippen molar-refractivity contribution in [1.29, 1.82) is 0 Å². The highest BCUT2D eigenvalue weighted by molar-refractivity contribution is 8.03. The molecule has 1 aromatic rings. The summed E-state index contributed by atoms with van der Waals surface area (Å²) in [6.07, 6.45) is -3.96. The minimum atomic E-state index is -1.44. The molecule has 0 bridgehead atoms. The van der Waals surface area contributed by atoms with Crippen molar-refractivity contribution in [2.75, 3.05) is 24.8 Å². The maximum Gasteiger partial charge on any atom is 0.186 e. The summed E-state index contributed by atoms with van der Waals surface area (Å²) in [4.78, 5) is 20.6. The number of aliphatic carboxylic acids is 1. The minimum absolute atomic E-state index is 0.256. The minimum Gasteiger partial charge on any atom is -0.550 e. The number of rotatable bonds is 7. The van der Waals surface area contributed by atoms with Crippen LogP contribution < -0.4 is 10.8 Å². The number of nitrogens with zero attached hydrogens (tertiary/aromatic N) is 3. The van der Waals surface area contributed by atoms with E-state index in [9.17, 15) is 20.4 Å². The molecule has 0 saturated carbocycles. The fourth-order valence-electron chi connectivity index (χ4n) is 3.26. The summed E-state index contributed by atoms with van der Waals surface area (Å²) in [7, 11) is 0. The van der Waals surface area contributed by atoms with Gasteiger partial charge >= 0.3 is 0 Å².